The van der Waals surface area contributed by atoms with E-state index in [-0.39, 0.29) is 16.4 Å². The minimum absolute atomic E-state index is 0.0248. The van der Waals surface area contributed by atoms with E-state index in [4.69, 9.17) is 22.4 Å². The largest absolute Gasteiger partial charge is 0.465 e. The molecule has 1 rings (SSSR count). The van der Waals surface area contributed by atoms with E-state index in [0.717, 1.165) is 11.0 Å². The Morgan fingerprint density at radius 1 is 1.64 bits per heavy atom. The lowest BCUT2D eigenvalue weighted by Crippen LogP contribution is -2.24. The number of benzene rings is 1. The van der Waals surface area contributed by atoms with E-state index in [9.17, 15) is 9.18 Å². The Morgan fingerprint density at radius 2 is 2.21 bits per heavy atom. The van der Waals surface area contributed by atoms with Crippen molar-refractivity contribution in [2.24, 2.45) is 0 Å². The van der Waals surface area contributed by atoms with Crippen LogP contribution in [0, 0.1) is 5.82 Å². The molecule has 3 N–H and O–H groups in total. The first kappa shape index (κ1) is 10.6. The van der Waals surface area contributed by atoms with Gasteiger partial charge in [-0.25, -0.2) is 9.18 Å². The molecule has 0 bridgehead atoms. The minimum Gasteiger partial charge on any atom is -0.465 e. The first-order valence-corrected chi connectivity index (χ1v) is 4.02. The van der Waals surface area contributed by atoms with Crippen molar-refractivity contribution >= 4 is 29.1 Å². The quantitative estimate of drug-likeness (QED) is 0.710. The summed E-state index contributed by atoms with van der Waals surface area (Å²) in [6.07, 6.45) is -1.20. The number of anilines is 2. The van der Waals surface area contributed by atoms with Crippen molar-refractivity contribution in [3.05, 3.63) is 23.0 Å². The topological polar surface area (TPSA) is 66.6 Å². The SMILES string of the molecule is CN(C(=O)O)c1cc(Cl)c(F)cc1N. The fourth-order valence-electron chi connectivity index (χ4n) is 0.945. The van der Waals surface area contributed by atoms with Crippen molar-refractivity contribution in [3.8, 4) is 0 Å². The van der Waals surface area contributed by atoms with Gasteiger partial charge in [-0.3, -0.25) is 4.90 Å². The number of rotatable bonds is 1. The van der Waals surface area contributed by atoms with Crippen LogP contribution in [-0.4, -0.2) is 18.2 Å². The van der Waals surface area contributed by atoms with E-state index in [1.807, 2.05) is 0 Å². The van der Waals surface area contributed by atoms with Crippen LogP contribution in [0.5, 0.6) is 0 Å². The lowest BCUT2D eigenvalue weighted by molar-refractivity contribution is 0.203. The number of carboxylic acid groups (broad SMARTS) is 1. The highest BCUT2D eigenvalue weighted by Gasteiger charge is 2.14. The first-order chi connectivity index (χ1) is 6.43. The zero-order chi connectivity index (χ0) is 10.9. The molecule has 1 aromatic carbocycles. The summed E-state index contributed by atoms with van der Waals surface area (Å²) in [6, 6.07) is 2.15. The number of carbonyl (C=O) groups is 1. The van der Waals surface area contributed by atoms with Crippen LogP contribution in [0.3, 0.4) is 0 Å². The molecule has 0 fully saturated rings. The van der Waals surface area contributed by atoms with Crippen LogP contribution in [0.15, 0.2) is 12.1 Å². The third-order valence-corrected chi connectivity index (χ3v) is 2.01. The highest BCUT2D eigenvalue weighted by atomic mass is 35.5. The molecular weight excluding hydrogens is 211 g/mol. The van der Waals surface area contributed by atoms with Crippen molar-refractivity contribution < 1.29 is 14.3 Å². The zero-order valence-corrected chi connectivity index (χ0v) is 8.05. The van der Waals surface area contributed by atoms with E-state index in [1.54, 1.807) is 0 Å². The second-order valence-corrected chi connectivity index (χ2v) is 3.07. The number of nitrogens with zero attached hydrogens (tertiary/aromatic N) is 1. The summed E-state index contributed by atoms with van der Waals surface area (Å²) in [6.45, 7) is 0. The predicted octanol–water partition coefficient (Wildman–Crippen LogP) is 2.18. The van der Waals surface area contributed by atoms with Gasteiger partial charge in [0.2, 0.25) is 0 Å². The molecule has 0 aliphatic carbocycles. The molecule has 6 heteroatoms. The van der Waals surface area contributed by atoms with E-state index in [2.05, 4.69) is 0 Å². The van der Waals surface area contributed by atoms with Gasteiger partial charge in [-0.2, -0.15) is 0 Å². The highest BCUT2D eigenvalue weighted by Crippen LogP contribution is 2.28. The Balaban J connectivity index is 3.22. The van der Waals surface area contributed by atoms with Gasteiger partial charge in [0.25, 0.3) is 0 Å². The van der Waals surface area contributed by atoms with Crippen LogP contribution >= 0.6 is 11.6 Å². The number of nitrogens with two attached hydrogens (primary N) is 1. The Hall–Kier alpha value is -1.49. The normalized spacial score (nSPS) is 9.93. The van der Waals surface area contributed by atoms with Gasteiger partial charge in [-0.1, -0.05) is 11.6 Å². The summed E-state index contributed by atoms with van der Waals surface area (Å²) in [4.78, 5) is 11.4. The Kier molecular flexibility index (Phi) is 2.81. The van der Waals surface area contributed by atoms with Gasteiger partial charge in [0, 0.05) is 13.1 Å². The number of hydrogen-bond donors (Lipinski definition) is 2. The van der Waals surface area contributed by atoms with Gasteiger partial charge in [0.05, 0.1) is 16.4 Å². The summed E-state index contributed by atoms with van der Waals surface area (Å²) in [5, 5.41) is 8.49. The van der Waals surface area contributed by atoms with Crippen LogP contribution in [0.4, 0.5) is 20.6 Å². The predicted molar refractivity (Wildman–Crippen MR) is 52.3 cm³/mol. The van der Waals surface area contributed by atoms with E-state index >= 15 is 0 Å². The van der Waals surface area contributed by atoms with Crippen molar-refractivity contribution in [2.75, 3.05) is 17.7 Å². The van der Waals surface area contributed by atoms with E-state index in [1.165, 1.54) is 13.1 Å². The lowest BCUT2D eigenvalue weighted by atomic mass is 10.2. The molecule has 4 nitrogen and oxygen atoms in total. The summed E-state index contributed by atoms with van der Waals surface area (Å²) in [7, 11) is 1.29. The Bertz CT molecular complexity index is 384. The van der Waals surface area contributed by atoms with Crippen LogP contribution in [-0.2, 0) is 0 Å². The Morgan fingerprint density at radius 3 is 2.71 bits per heavy atom. The van der Waals surface area contributed by atoms with Crippen LogP contribution < -0.4 is 10.6 Å². The maximum Gasteiger partial charge on any atom is 0.411 e. The average Bonchev–Trinajstić information content (AvgIpc) is 2.10. The summed E-state index contributed by atoms with van der Waals surface area (Å²) in [5.41, 5.74) is 5.61. The number of hydrogen-bond acceptors (Lipinski definition) is 2. The van der Waals surface area contributed by atoms with Crippen molar-refractivity contribution in [3.63, 3.8) is 0 Å². The fourth-order valence-corrected chi connectivity index (χ4v) is 1.10. The smallest absolute Gasteiger partial charge is 0.411 e. The molecule has 76 valence electrons. The van der Waals surface area contributed by atoms with Gasteiger partial charge in [0.15, 0.2) is 0 Å². The first-order valence-electron chi connectivity index (χ1n) is 3.64. The molecular formula is C8H8ClFN2O2. The standard InChI is InChI=1S/C8H8ClFN2O2/c1-12(8(13)14)7-2-4(9)5(10)3-6(7)11/h2-3H,11H2,1H3,(H,13,14). The molecule has 0 aromatic heterocycles. The molecule has 0 atom stereocenters. The third kappa shape index (κ3) is 1.88. The van der Waals surface area contributed by atoms with Crippen molar-refractivity contribution in [1.82, 2.24) is 0 Å². The molecule has 0 unspecified atom stereocenters. The highest BCUT2D eigenvalue weighted by molar-refractivity contribution is 6.31. The maximum absolute atomic E-state index is 12.8. The third-order valence-electron chi connectivity index (χ3n) is 1.72. The average molecular weight is 219 g/mol. The van der Waals surface area contributed by atoms with Gasteiger partial charge >= 0.3 is 6.09 Å². The van der Waals surface area contributed by atoms with E-state index in [0.29, 0.717) is 0 Å². The second-order valence-electron chi connectivity index (χ2n) is 2.67. The zero-order valence-electron chi connectivity index (χ0n) is 7.29. The summed E-state index contributed by atoms with van der Waals surface area (Å²) >= 11 is 5.48. The molecule has 0 spiro atoms. The molecule has 0 radical (unpaired) electrons. The summed E-state index contributed by atoms with van der Waals surface area (Å²) < 4.78 is 12.8. The van der Waals surface area contributed by atoms with Gasteiger partial charge < -0.3 is 10.8 Å². The van der Waals surface area contributed by atoms with Crippen molar-refractivity contribution in [2.45, 2.75) is 0 Å². The lowest BCUT2D eigenvalue weighted by Gasteiger charge is -2.15. The minimum atomic E-state index is -1.20. The van der Waals surface area contributed by atoms with Crippen LogP contribution in [0.1, 0.15) is 0 Å². The maximum atomic E-state index is 12.8. The Labute approximate surface area is 84.7 Å². The van der Waals surface area contributed by atoms with Gasteiger partial charge in [0.1, 0.15) is 5.82 Å². The monoisotopic (exact) mass is 218 g/mol. The molecule has 0 heterocycles. The molecule has 0 saturated carbocycles. The van der Waals surface area contributed by atoms with E-state index < -0.39 is 11.9 Å². The number of halogens is 2. The molecule has 1 amide bonds. The number of amides is 1. The summed E-state index contributed by atoms with van der Waals surface area (Å²) in [5.74, 6) is -0.674. The molecule has 0 saturated heterocycles. The fraction of sp³-hybridized carbons (Fsp3) is 0.125. The van der Waals surface area contributed by atoms with Crippen molar-refractivity contribution in [1.29, 1.82) is 0 Å². The number of nitrogen functional groups attached to an aromatic ring is 1. The van der Waals surface area contributed by atoms with Gasteiger partial charge in [-0.15, -0.1) is 0 Å². The van der Waals surface area contributed by atoms with Crippen LogP contribution in [0.25, 0.3) is 0 Å². The molecule has 0 aliphatic rings. The molecule has 0 aliphatic heterocycles. The van der Waals surface area contributed by atoms with Crippen LogP contribution in [0.2, 0.25) is 5.02 Å². The second kappa shape index (κ2) is 3.71. The molecule has 14 heavy (non-hydrogen) atoms. The molecule has 1 aromatic rings. The van der Waals surface area contributed by atoms with Gasteiger partial charge in [-0.05, 0) is 6.07 Å².